The molecule has 0 aromatic rings. The van der Waals surface area contributed by atoms with Gasteiger partial charge in [0.15, 0.2) is 0 Å². The summed E-state index contributed by atoms with van der Waals surface area (Å²) in [6.07, 6.45) is 0. The summed E-state index contributed by atoms with van der Waals surface area (Å²) in [6.45, 7) is -0.102. The van der Waals surface area contributed by atoms with E-state index in [-0.39, 0.29) is 13.2 Å². The van der Waals surface area contributed by atoms with Crippen LogP contribution in [-0.2, 0) is 13.8 Å². The van der Waals surface area contributed by atoms with Gasteiger partial charge < -0.3 is 23.6 Å². The predicted octanol–water partition coefficient (Wildman–Crippen LogP) is -1.52. The monoisotopic (exact) mass is 154 g/mol. The topological polar surface area (TPSA) is 81.7 Å². The summed E-state index contributed by atoms with van der Waals surface area (Å²) in [5, 5.41) is 0. The molecule has 0 aliphatic carbocycles. The van der Waals surface area contributed by atoms with Gasteiger partial charge in [-0.05, 0) is 0 Å². The Bertz CT molecular complexity index is 107. The van der Waals surface area contributed by atoms with Crippen LogP contribution in [0.25, 0.3) is 0 Å². The van der Waals surface area contributed by atoms with Crippen LogP contribution >= 0.6 is 7.82 Å². The Labute approximate surface area is 52.8 Å². The van der Waals surface area contributed by atoms with E-state index in [4.69, 9.17) is 0 Å². The Morgan fingerprint density at radius 3 is 2.33 bits per heavy atom. The summed E-state index contributed by atoms with van der Waals surface area (Å²) in [5.41, 5.74) is 0. The molecule has 0 atom stereocenters. The van der Waals surface area contributed by atoms with Crippen molar-refractivity contribution >= 4 is 7.82 Å². The Morgan fingerprint density at radius 1 is 1.44 bits per heavy atom. The van der Waals surface area contributed by atoms with Gasteiger partial charge in [-0.1, -0.05) is 0 Å². The molecular formula is C3H7O5P-2. The average Bonchev–Trinajstić information content (AvgIpc) is 1.63. The van der Waals surface area contributed by atoms with E-state index in [0.717, 1.165) is 0 Å². The van der Waals surface area contributed by atoms with Gasteiger partial charge in [-0.3, -0.25) is 0 Å². The highest BCUT2D eigenvalue weighted by molar-refractivity contribution is 7.43. The van der Waals surface area contributed by atoms with Crippen LogP contribution in [0, 0.1) is 0 Å². The highest BCUT2D eigenvalue weighted by Crippen LogP contribution is 2.23. The van der Waals surface area contributed by atoms with E-state index in [0.29, 0.717) is 0 Å². The van der Waals surface area contributed by atoms with Gasteiger partial charge in [0, 0.05) is 7.11 Å². The molecule has 0 saturated heterocycles. The Hall–Kier alpha value is 0.0700. The van der Waals surface area contributed by atoms with E-state index in [1.807, 2.05) is 0 Å². The number of hydrogen-bond acceptors (Lipinski definition) is 5. The molecule has 5 nitrogen and oxygen atoms in total. The molecule has 0 saturated carbocycles. The summed E-state index contributed by atoms with van der Waals surface area (Å²) in [7, 11) is -3.40. The average molecular weight is 154 g/mol. The van der Waals surface area contributed by atoms with Crippen molar-refractivity contribution in [2.45, 2.75) is 0 Å². The third-order valence-electron chi connectivity index (χ3n) is 0.537. The van der Waals surface area contributed by atoms with Crippen molar-refractivity contribution in [2.24, 2.45) is 0 Å². The largest absolute Gasteiger partial charge is 0.790 e. The van der Waals surface area contributed by atoms with Crippen LogP contribution in [0.4, 0.5) is 0 Å². The van der Waals surface area contributed by atoms with E-state index in [9.17, 15) is 14.4 Å². The van der Waals surface area contributed by atoms with Crippen LogP contribution in [0.3, 0.4) is 0 Å². The van der Waals surface area contributed by atoms with Crippen LogP contribution < -0.4 is 9.79 Å². The third-order valence-corrected chi connectivity index (χ3v) is 1.04. The van der Waals surface area contributed by atoms with Gasteiger partial charge in [0.25, 0.3) is 0 Å². The number of phosphoric ester groups is 1. The van der Waals surface area contributed by atoms with Crippen LogP contribution in [-0.4, -0.2) is 20.3 Å². The summed E-state index contributed by atoms with van der Waals surface area (Å²) in [5.74, 6) is 0. The zero-order valence-corrected chi connectivity index (χ0v) is 5.80. The summed E-state index contributed by atoms with van der Waals surface area (Å²) >= 11 is 0. The van der Waals surface area contributed by atoms with Crippen LogP contribution in [0.5, 0.6) is 0 Å². The van der Waals surface area contributed by atoms with Crippen LogP contribution in [0.15, 0.2) is 0 Å². The van der Waals surface area contributed by atoms with Crippen molar-refractivity contribution in [2.75, 3.05) is 20.3 Å². The van der Waals surface area contributed by atoms with Gasteiger partial charge in [0.05, 0.1) is 21.0 Å². The van der Waals surface area contributed by atoms with E-state index in [1.54, 1.807) is 0 Å². The Balaban J connectivity index is 3.18. The molecule has 0 aliphatic rings. The van der Waals surface area contributed by atoms with Crippen molar-refractivity contribution < 1.29 is 23.6 Å². The first-order chi connectivity index (χ1) is 4.06. The van der Waals surface area contributed by atoms with Gasteiger partial charge >= 0.3 is 0 Å². The zero-order valence-electron chi connectivity index (χ0n) is 4.90. The minimum atomic E-state index is -4.78. The first kappa shape index (κ1) is 9.07. The standard InChI is InChI=1S/C3H9O5P/c1-7-2-3-8-9(4,5)6/h2-3H2,1H3,(H2,4,5,6)/p-2. The molecule has 0 aromatic carbocycles. The fourth-order valence-electron chi connectivity index (χ4n) is 0.232. The lowest BCUT2D eigenvalue weighted by Gasteiger charge is -2.28. The highest BCUT2D eigenvalue weighted by Gasteiger charge is 1.88. The smallest absolute Gasteiger partial charge is 0.0752 e. The fourth-order valence-corrected chi connectivity index (χ4v) is 0.531. The number of hydrogen-bond donors (Lipinski definition) is 0. The van der Waals surface area contributed by atoms with Crippen LogP contribution in [0.2, 0.25) is 0 Å². The third kappa shape index (κ3) is 8.07. The van der Waals surface area contributed by atoms with Crippen molar-refractivity contribution in [1.82, 2.24) is 0 Å². The fraction of sp³-hybridized carbons (Fsp3) is 1.00. The van der Waals surface area contributed by atoms with Gasteiger partial charge in [-0.15, -0.1) is 0 Å². The van der Waals surface area contributed by atoms with Crippen LogP contribution in [0.1, 0.15) is 0 Å². The first-order valence-corrected chi connectivity index (χ1v) is 3.68. The quantitative estimate of drug-likeness (QED) is 0.362. The maximum Gasteiger partial charge on any atom is 0.0752 e. The minimum absolute atomic E-state index is 0.106. The molecular weight excluding hydrogens is 147 g/mol. The number of ether oxygens (including phenoxy) is 1. The summed E-state index contributed by atoms with van der Waals surface area (Å²) in [4.78, 5) is 19.4. The minimum Gasteiger partial charge on any atom is -0.790 e. The van der Waals surface area contributed by atoms with Crippen molar-refractivity contribution in [3.05, 3.63) is 0 Å². The van der Waals surface area contributed by atoms with E-state index >= 15 is 0 Å². The highest BCUT2D eigenvalue weighted by atomic mass is 31.2. The van der Waals surface area contributed by atoms with Crippen molar-refractivity contribution in [3.63, 3.8) is 0 Å². The van der Waals surface area contributed by atoms with Crippen molar-refractivity contribution in [1.29, 1.82) is 0 Å². The Kier molecular flexibility index (Phi) is 4.01. The van der Waals surface area contributed by atoms with Gasteiger partial charge in [-0.25, -0.2) is 0 Å². The molecule has 0 rings (SSSR count). The maximum atomic E-state index is 9.70. The lowest BCUT2D eigenvalue weighted by Crippen LogP contribution is -2.18. The molecule has 0 radical (unpaired) electrons. The molecule has 0 aromatic heterocycles. The van der Waals surface area contributed by atoms with E-state index < -0.39 is 7.82 Å². The summed E-state index contributed by atoms with van der Waals surface area (Å²) < 4.78 is 17.9. The summed E-state index contributed by atoms with van der Waals surface area (Å²) in [6, 6.07) is 0. The number of methoxy groups -OCH3 is 1. The van der Waals surface area contributed by atoms with Crippen molar-refractivity contribution in [3.8, 4) is 0 Å². The molecule has 0 heterocycles. The zero-order chi connectivity index (χ0) is 7.33. The molecule has 0 bridgehead atoms. The molecule has 0 fully saturated rings. The maximum absolute atomic E-state index is 9.70. The lowest BCUT2D eigenvalue weighted by atomic mass is 10.8. The second kappa shape index (κ2) is 3.98. The molecule has 0 aliphatic heterocycles. The normalized spacial score (nSPS) is 11.9. The second-order valence-electron chi connectivity index (χ2n) is 1.27. The van der Waals surface area contributed by atoms with E-state index in [1.165, 1.54) is 7.11 Å². The van der Waals surface area contributed by atoms with Gasteiger partial charge in [0.2, 0.25) is 0 Å². The molecule has 6 heteroatoms. The van der Waals surface area contributed by atoms with E-state index in [2.05, 4.69) is 9.26 Å². The first-order valence-electron chi connectivity index (χ1n) is 2.22. The molecule has 0 N–H and O–H groups in total. The number of rotatable bonds is 4. The van der Waals surface area contributed by atoms with Gasteiger partial charge in [0.1, 0.15) is 0 Å². The lowest BCUT2D eigenvalue weighted by molar-refractivity contribution is -0.342. The second-order valence-corrected chi connectivity index (χ2v) is 2.43. The molecule has 0 unspecified atom stereocenters. The molecule has 9 heavy (non-hydrogen) atoms. The molecule has 0 amide bonds. The predicted molar refractivity (Wildman–Crippen MR) is 25.4 cm³/mol. The number of phosphoric acid groups is 1. The molecule has 0 spiro atoms. The SMILES string of the molecule is COCCOP(=O)([O-])[O-]. The van der Waals surface area contributed by atoms with Gasteiger partial charge in [-0.2, -0.15) is 0 Å². The molecule has 56 valence electrons. The Morgan fingerprint density at radius 2 is 2.00 bits per heavy atom.